The smallest absolute Gasteiger partial charge is 0.238 e. The topological polar surface area (TPSA) is 108 Å². The van der Waals surface area contributed by atoms with Gasteiger partial charge in [0, 0.05) is 13.5 Å². The van der Waals surface area contributed by atoms with E-state index < -0.39 is 10.0 Å². The number of sulfonamides is 1. The standard InChI is InChI=1S/C21H28N2O6S/c1-14(16-7-6-8-17(13-16)30(22,25)26)23(2)19(24)12-10-15-9-11-18(27-3)21(29-5)20(15)28-4/h6-9,11,13-14H,10,12H2,1-5H3,(H2,22,25,26). The molecule has 0 aliphatic rings. The SMILES string of the molecule is COc1ccc(CCC(=O)N(C)C(C)c2cccc(S(N)(=O)=O)c2)c(OC)c1OC. The summed E-state index contributed by atoms with van der Waals surface area (Å²) >= 11 is 0. The first kappa shape index (κ1) is 23.5. The van der Waals surface area contributed by atoms with Crippen LogP contribution in [0.5, 0.6) is 17.2 Å². The maximum absolute atomic E-state index is 12.8. The summed E-state index contributed by atoms with van der Waals surface area (Å²) in [6, 6.07) is 9.57. The largest absolute Gasteiger partial charge is 0.493 e. The van der Waals surface area contributed by atoms with Gasteiger partial charge in [-0.1, -0.05) is 18.2 Å². The molecule has 2 rings (SSSR count). The maximum Gasteiger partial charge on any atom is 0.238 e. The maximum atomic E-state index is 12.8. The van der Waals surface area contributed by atoms with E-state index in [1.165, 1.54) is 26.4 Å². The number of benzene rings is 2. The Morgan fingerprint density at radius 2 is 1.73 bits per heavy atom. The molecule has 1 atom stereocenters. The molecule has 0 heterocycles. The number of rotatable bonds is 9. The van der Waals surface area contributed by atoms with Gasteiger partial charge >= 0.3 is 0 Å². The van der Waals surface area contributed by atoms with Crippen LogP contribution < -0.4 is 19.3 Å². The third-order valence-electron chi connectivity index (χ3n) is 5.04. The van der Waals surface area contributed by atoms with Crippen LogP contribution in [-0.4, -0.2) is 47.6 Å². The first-order chi connectivity index (χ1) is 14.1. The highest BCUT2D eigenvalue weighted by Crippen LogP contribution is 2.40. The predicted molar refractivity (Wildman–Crippen MR) is 113 cm³/mol. The minimum atomic E-state index is -3.81. The molecule has 0 aromatic heterocycles. The third-order valence-corrected chi connectivity index (χ3v) is 5.95. The molecule has 1 unspecified atom stereocenters. The Kier molecular flexibility index (Phi) is 7.69. The highest BCUT2D eigenvalue weighted by molar-refractivity contribution is 7.89. The van der Waals surface area contributed by atoms with Crippen molar-refractivity contribution in [3.63, 3.8) is 0 Å². The van der Waals surface area contributed by atoms with Crippen LogP contribution in [0.3, 0.4) is 0 Å². The van der Waals surface area contributed by atoms with Gasteiger partial charge in [-0.15, -0.1) is 0 Å². The number of aryl methyl sites for hydroxylation is 1. The number of amides is 1. The van der Waals surface area contributed by atoms with Crippen LogP contribution in [0.4, 0.5) is 0 Å². The predicted octanol–water partition coefficient (Wildman–Crippen LogP) is 2.51. The van der Waals surface area contributed by atoms with Gasteiger partial charge in [0.25, 0.3) is 0 Å². The van der Waals surface area contributed by atoms with E-state index in [1.54, 1.807) is 37.3 Å². The van der Waals surface area contributed by atoms with E-state index in [0.29, 0.717) is 29.2 Å². The number of nitrogens with two attached hydrogens (primary N) is 1. The molecule has 0 saturated heterocycles. The summed E-state index contributed by atoms with van der Waals surface area (Å²) in [6.07, 6.45) is 0.679. The van der Waals surface area contributed by atoms with Crippen molar-refractivity contribution >= 4 is 15.9 Å². The molecule has 2 aromatic rings. The molecule has 0 fully saturated rings. The van der Waals surface area contributed by atoms with E-state index in [-0.39, 0.29) is 23.3 Å². The van der Waals surface area contributed by atoms with Gasteiger partial charge in [0.2, 0.25) is 21.7 Å². The number of nitrogens with zero attached hydrogens (tertiary/aromatic N) is 1. The Morgan fingerprint density at radius 1 is 1.07 bits per heavy atom. The molecule has 8 nitrogen and oxygen atoms in total. The van der Waals surface area contributed by atoms with Gasteiger partial charge in [-0.3, -0.25) is 4.79 Å². The number of methoxy groups -OCH3 is 3. The first-order valence-electron chi connectivity index (χ1n) is 9.30. The molecule has 0 bridgehead atoms. The molecule has 1 amide bonds. The van der Waals surface area contributed by atoms with Crippen molar-refractivity contribution in [3.05, 3.63) is 47.5 Å². The number of carbonyl (C=O) groups excluding carboxylic acids is 1. The molecule has 0 saturated carbocycles. The summed E-state index contributed by atoms with van der Waals surface area (Å²) in [7, 11) is 2.48. The van der Waals surface area contributed by atoms with Gasteiger partial charge in [0.1, 0.15) is 0 Å². The molecule has 0 radical (unpaired) electrons. The lowest BCUT2D eigenvalue weighted by Gasteiger charge is -2.26. The monoisotopic (exact) mass is 436 g/mol. The quantitative estimate of drug-likeness (QED) is 0.647. The summed E-state index contributed by atoms with van der Waals surface area (Å²) in [5.41, 5.74) is 1.50. The van der Waals surface area contributed by atoms with Crippen LogP contribution in [0, 0.1) is 0 Å². The van der Waals surface area contributed by atoms with Crippen LogP contribution >= 0.6 is 0 Å². The van der Waals surface area contributed by atoms with E-state index in [9.17, 15) is 13.2 Å². The van der Waals surface area contributed by atoms with E-state index in [0.717, 1.165) is 5.56 Å². The zero-order chi connectivity index (χ0) is 22.5. The average molecular weight is 437 g/mol. The zero-order valence-electron chi connectivity index (χ0n) is 17.8. The Morgan fingerprint density at radius 3 is 2.30 bits per heavy atom. The number of hydrogen-bond donors (Lipinski definition) is 1. The van der Waals surface area contributed by atoms with E-state index in [4.69, 9.17) is 19.3 Å². The van der Waals surface area contributed by atoms with Crippen molar-refractivity contribution < 1.29 is 27.4 Å². The number of primary sulfonamides is 1. The van der Waals surface area contributed by atoms with Crippen LogP contribution in [0.1, 0.15) is 30.5 Å². The number of hydrogen-bond acceptors (Lipinski definition) is 6. The molecule has 0 aliphatic carbocycles. The summed E-state index contributed by atoms with van der Waals surface area (Å²) in [6.45, 7) is 1.83. The Hall–Kier alpha value is -2.78. The van der Waals surface area contributed by atoms with Gasteiger partial charge in [0.05, 0.1) is 32.3 Å². The first-order valence-corrected chi connectivity index (χ1v) is 10.8. The van der Waals surface area contributed by atoms with Gasteiger partial charge in [0.15, 0.2) is 11.5 Å². The highest BCUT2D eigenvalue weighted by Gasteiger charge is 2.21. The lowest BCUT2D eigenvalue weighted by atomic mass is 10.0. The Bertz CT molecular complexity index is 1010. The second-order valence-corrected chi connectivity index (χ2v) is 8.35. The van der Waals surface area contributed by atoms with Crippen molar-refractivity contribution in [3.8, 4) is 17.2 Å². The minimum absolute atomic E-state index is 0.0164. The molecule has 0 aliphatic heterocycles. The van der Waals surface area contributed by atoms with Crippen LogP contribution in [0.25, 0.3) is 0 Å². The molecule has 2 aromatic carbocycles. The summed E-state index contributed by atoms with van der Waals surface area (Å²) < 4.78 is 39.3. The minimum Gasteiger partial charge on any atom is -0.493 e. The third kappa shape index (κ3) is 5.22. The van der Waals surface area contributed by atoms with Crippen LogP contribution in [0.2, 0.25) is 0 Å². The summed E-state index contributed by atoms with van der Waals surface area (Å²) in [5.74, 6) is 1.46. The zero-order valence-corrected chi connectivity index (χ0v) is 18.7. The second-order valence-electron chi connectivity index (χ2n) is 6.79. The van der Waals surface area contributed by atoms with E-state index in [1.807, 2.05) is 13.0 Å². The van der Waals surface area contributed by atoms with Crippen LogP contribution in [0.15, 0.2) is 41.3 Å². The molecule has 2 N–H and O–H groups in total. The second kappa shape index (κ2) is 9.82. The fourth-order valence-corrected chi connectivity index (χ4v) is 3.74. The average Bonchev–Trinajstić information content (AvgIpc) is 2.74. The van der Waals surface area contributed by atoms with Gasteiger partial charge in [-0.25, -0.2) is 13.6 Å². The molecule has 0 spiro atoms. The summed E-state index contributed by atoms with van der Waals surface area (Å²) in [5, 5.41) is 5.21. The lowest BCUT2D eigenvalue weighted by Crippen LogP contribution is -2.30. The van der Waals surface area contributed by atoms with Crippen LogP contribution in [-0.2, 0) is 21.2 Å². The van der Waals surface area contributed by atoms with Crippen molar-refractivity contribution in [2.75, 3.05) is 28.4 Å². The van der Waals surface area contributed by atoms with E-state index in [2.05, 4.69) is 0 Å². The Labute approximate surface area is 177 Å². The molecular formula is C21H28N2O6S. The normalized spacial score (nSPS) is 12.2. The fourth-order valence-electron chi connectivity index (χ4n) is 3.17. The lowest BCUT2D eigenvalue weighted by molar-refractivity contribution is -0.131. The van der Waals surface area contributed by atoms with Gasteiger partial charge < -0.3 is 19.1 Å². The fraction of sp³-hybridized carbons (Fsp3) is 0.381. The number of ether oxygens (including phenoxy) is 3. The molecule has 164 valence electrons. The highest BCUT2D eigenvalue weighted by atomic mass is 32.2. The molecule has 9 heteroatoms. The molecular weight excluding hydrogens is 408 g/mol. The van der Waals surface area contributed by atoms with Crippen molar-refractivity contribution in [2.24, 2.45) is 5.14 Å². The van der Waals surface area contributed by atoms with Crippen molar-refractivity contribution in [2.45, 2.75) is 30.7 Å². The van der Waals surface area contributed by atoms with Gasteiger partial charge in [-0.05, 0) is 42.7 Å². The van der Waals surface area contributed by atoms with E-state index >= 15 is 0 Å². The molecule has 30 heavy (non-hydrogen) atoms. The van der Waals surface area contributed by atoms with Crippen molar-refractivity contribution in [1.29, 1.82) is 0 Å². The van der Waals surface area contributed by atoms with Gasteiger partial charge in [-0.2, -0.15) is 0 Å². The van der Waals surface area contributed by atoms with Crippen molar-refractivity contribution in [1.82, 2.24) is 4.90 Å². The Balaban J connectivity index is 2.15. The number of carbonyl (C=O) groups is 1. The summed E-state index contributed by atoms with van der Waals surface area (Å²) in [4.78, 5) is 14.4.